The number of hydrogen-bond donors (Lipinski definition) is 1. The SMILES string of the molecule is CC(=O)NCC1COC(=O)N1c1ccc2c(c1)CCC2=O. The smallest absolute Gasteiger partial charge is 0.414 e. The number of ether oxygens (including phenoxy) is 1. The maximum Gasteiger partial charge on any atom is 0.414 e. The van der Waals surface area contributed by atoms with Crippen molar-refractivity contribution < 1.29 is 19.1 Å². The molecule has 1 unspecified atom stereocenters. The minimum Gasteiger partial charge on any atom is -0.447 e. The Morgan fingerprint density at radius 2 is 2.19 bits per heavy atom. The fourth-order valence-corrected chi connectivity index (χ4v) is 2.78. The Balaban J connectivity index is 1.85. The lowest BCUT2D eigenvalue weighted by Crippen LogP contribution is -2.42. The van der Waals surface area contributed by atoms with Crippen molar-refractivity contribution in [1.82, 2.24) is 5.32 Å². The van der Waals surface area contributed by atoms with Gasteiger partial charge < -0.3 is 10.1 Å². The molecule has 1 fully saturated rings. The van der Waals surface area contributed by atoms with Crippen LogP contribution in [0.1, 0.15) is 29.3 Å². The second-order valence-electron chi connectivity index (χ2n) is 5.30. The maximum absolute atomic E-state index is 11.9. The second-order valence-corrected chi connectivity index (χ2v) is 5.30. The topological polar surface area (TPSA) is 75.7 Å². The van der Waals surface area contributed by atoms with Crippen molar-refractivity contribution in [2.45, 2.75) is 25.8 Å². The van der Waals surface area contributed by atoms with E-state index in [-0.39, 0.29) is 24.3 Å². The molecule has 0 aromatic heterocycles. The van der Waals surface area contributed by atoms with Crippen LogP contribution >= 0.6 is 0 Å². The number of benzene rings is 1. The van der Waals surface area contributed by atoms with Gasteiger partial charge in [-0.1, -0.05) is 0 Å². The highest BCUT2D eigenvalue weighted by atomic mass is 16.6. The molecule has 6 heteroatoms. The molecule has 2 amide bonds. The molecule has 1 aliphatic carbocycles. The van der Waals surface area contributed by atoms with E-state index in [9.17, 15) is 14.4 Å². The summed E-state index contributed by atoms with van der Waals surface area (Å²) in [7, 11) is 0. The maximum atomic E-state index is 11.9. The van der Waals surface area contributed by atoms with E-state index in [1.807, 2.05) is 6.07 Å². The van der Waals surface area contributed by atoms with Gasteiger partial charge in [0.2, 0.25) is 5.91 Å². The number of rotatable bonds is 3. The number of fused-ring (bicyclic) bond motifs is 1. The first kappa shape index (κ1) is 13.6. The van der Waals surface area contributed by atoms with Gasteiger partial charge in [0.1, 0.15) is 6.61 Å². The normalized spacial score (nSPS) is 20.4. The van der Waals surface area contributed by atoms with E-state index in [2.05, 4.69) is 5.32 Å². The summed E-state index contributed by atoms with van der Waals surface area (Å²) in [6.45, 7) is 2.02. The highest BCUT2D eigenvalue weighted by Gasteiger charge is 2.35. The third kappa shape index (κ3) is 2.49. The molecule has 1 aromatic rings. The quantitative estimate of drug-likeness (QED) is 0.909. The van der Waals surface area contributed by atoms with Crippen LogP contribution in [-0.2, 0) is 16.0 Å². The molecule has 1 atom stereocenters. The van der Waals surface area contributed by atoms with Gasteiger partial charge in [-0.25, -0.2) is 4.79 Å². The third-order valence-electron chi connectivity index (χ3n) is 3.84. The van der Waals surface area contributed by atoms with Crippen LogP contribution in [0.15, 0.2) is 18.2 Å². The first-order valence-electron chi connectivity index (χ1n) is 6.93. The van der Waals surface area contributed by atoms with Crippen molar-refractivity contribution in [2.24, 2.45) is 0 Å². The summed E-state index contributed by atoms with van der Waals surface area (Å²) < 4.78 is 5.07. The van der Waals surface area contributed by atoms with E-state index in [1.54, 1.807) is 17.0 Å². The Labute approximate surface area is 122 Å². The molecular weight excluding hydrogens is 272 g/mol. The molecule has 1 N–H and O–H groups in total. The van der Waals surface area contributed by atoms with Gasteiger partial charge in [0.15, 0.2) is 5.78 Å². The molecule has 0 spiro atoms. The molecular formula is C15H16N2O4. The zero-order chi connectivity index (χ0) is 15.0. The number of nitrogens with zero attached hydrogens (tertiary/aromatic N) is 1. The predicted molar refractivity (Wildman–Crippen MR) is 75.4 cm³/mol. The van der Waals surface area contributed by atoms with Crippen molar-refractivity contribution in [2.75, 3.05) is 18.1 Å². The number of carbonyl (C=O) groups excluding carboxylic acids is 3. The summed E-state index contributed by atoms with van der Waals surface area (Å²) in [5.41, 5.74) is 2.42. The zero-order valence-corrected chi connectivity index (χ0v) is 11.7. The summed E-state index contributed by atoms with van der Waals surface area (Å²) >= 11 is 0. The number of anilines is 1. The van der Waals surface area contributed by atoms with Gasteiger partial charge in [-0.2, -0.15) is 0 Å². The fourth-order valence-electron chi connectivity index (χ4n) is 2.78. The number of cyclic esters (lactones) is 1. The largest absolute Gasteiger partial charge is 0.447 e. The number of nitrogens with one attached hydrogen (secondary N) is 1. The number of aryl methyl sites for hydroxylation is 1. The molecule has 110 valence electrons. The van der Waals surface area contributed by atoms with Crippen LogP contribution in [0.4, 0.5) is 10.5 Å². The lowest BCUT2D eigenvalue weighted by molar-refractivity contribution is -0.119. The van der Waals surface area contributed by atoms with Gasteiger partial charge in [0.05, 0.1) is 6.04 Å². The number of carbonyl (C=O) groups is 3. The first-order valence-corrected chi connectivity index (χ1v) is 6.93. The summed E-state index contributed by atoms with van der Waals surface area (Å²) in [5, 5.41) is 2.70. The van der Waals surface area contributed by atoms with E-state index in [1.165, 1.54) is 6.92 Å². The Kier molecular flexibility index (Phi) is 3.37. The molecule has 1 heterocycles. The van der Waals surface area contributed by atoms with Gasteiger partial charge in [-0.15, -0.1) is 0 Å². The molecule has 1 aliphatic heterocycles. The average Bonchev–Trinajstić information content (AvgIpc) is 3.00. The van der Waals surface area contributed by atoms with Gasteiger partial charge in [-0.05, 0) is 30.2 Å². The van der Waals surface area contributed by atoms with Crippen LogP contribution in [0.5, 0.6) is 0 Å². The van der Waals surface area contributed by atoms with Crippen LogP contribution in [0.25, 0.3) is 0 Å². The van der Waals surface area contributed by atoms with Crippen LogP contribution < -0.4 is 10.2 Å². The van der Waals surface area contributed by atoms with E-state index >= 15 is 0 Å². The number of ketones is 1. The molecule has 21 heavy (non-hydrogen) atoms. The third-order valence-corrected chi connectivity index (χ3v) is 3.84. The molecule has 2 aliphatic rings. The van der Waals surface area contributed by atoms with Crippen molar-refractivity contribution in [1.29, 1.82) is 0 Å². The van der Waals surface area contributed by atoms with Crippen LogP contribution in [0.2, 0.25) is 0 Å². The summed E-state index contributed by atoms with van der Waals surface area (Å²) in [5.74, 6) is 0.00388. The van der Waals surface area contributed by atoms with Gasteiger partial charge in [0.25, 0.3) is 0 Å². The van der Waals surface area contributed by atoms with Gasteiger partial charge >= 0.3 is 6.09 Å². The Bertz CT molecular complexity index is 626. The lowest BCUT2D eigenvalue weighted by Gasteiger charge is -2.22. The van der Waals surface area contributed by atoms with Crippen molar-refractivity contribution >= 4 is 23.5 Å². The summed E-state index contributed by atoms with van der Waals surface area (Å²) in [6.07, 6.45) is 0.814. The Hall–Kier alpha value is -2.37. The molecule has 0 radical (unpaired) electrons. The monoisotopic (exact) mass is 288 g/mol. The summed E-state index contributed by atoms with van der Waals surface area (Å²) in [4.78, 5) is 36.1. The molecule has 3 rings (SSSR count). The first-order chi connectivity index (χ1) is 10.1. The van der Waals surface area contributed by atoms with Gasteiger partial charge in [0, 0.05) is 31.1 Å². The molecule has 1 saturated heterocycles. The zero-order valence-electron chi connectivity index (χ0n) is 11.7. The molecule has 0 bridgehead atoms. The molecule has 1 aromatic carbocycles. The summed E-state index contributed by atoms with van der Waals surface area (Å²) in [6, 6.07) is 5.17. The van der Waals surface area contributed by atoms with E-state index in [4.69, 9.17) is 4.74 Å². The van der Waals surface area contributed by atoms with Crippen LogP contribution in [0.3, 0.4) is 0 Å². The Morgan fingerprint density at radius 3 is 2.95 bits per heavy atom. The molecule has 0 saturated carbocycles. The highest BCUT2D eigenvalue weighted by molar-refractivity contribution is 6.01. The standard InChI is InChI=1S/C15H16N2O4/c1-9(18)16-7-12-8-21-15(20)17(12)11-3-4-13-10(6-11)2-5-14(13)19/h3-4,6,12H,2,5,7-8H2,1H3,(H,16,18). The number of Topliss-reactive ketones (excluding diaryl/α,β-unsaturated/α-hetero) is 1. The number of hydrogen-bond acceptors (Lipinski definition) is 4. The minimum atomic E-state index is -0.422. The van der Waals surface area contributed by atoms with Crippen LogP contribution in [0, 0.1) is 0 Å². The van der Waals surface area contributed by atoms with Crippen molar-refractivity contribution in [3.8, 4) is 0 Å². The van der Waals surface area contributed by atoms with Crippen molar-refractivity contribution in [3.63, 3.8) is 0 Å². The molecule has 6 nitrogen and oxygen atoms in total. The van der Waals surface area contributed by atoms with Crippen LogP contribution in [-0.4, -0.2) is 37.0 Å². The average molecular weight is 288 g/mol. The lowest BCUT2D eigenvalue weighted by atomic mass is 10.1. The minimum absolute atomic E-state index is 0.145. The second kappa shape index (κ2) is 5.20. The fraction of sp³-hybridized carbons (Fsp3) is 0.400. The van der Waals surface area contributed by atoms with Gasteiger partial charge in [-0.3, -0.25) is 14.5 Å². The van der Waals surface area contributed by atoms with Crippen molar-refractivity contribution in [3.05, 3.63) is 29.3 Å². The Morgan fingerprint density at radius 1 is 1.38 bits per heavy atom. The predicted octanol–water partition coefficient (Wildman–Crippen LogP) is 1.28. The highest BCUT2D eigenvalue weighted by Crippen LogP contribution is 2.29. The van der Waals surface area contributed by atoms with E-state index in [0.29, 0.717) is 25.1 Å². The van der Waals surface area contributed by atoms with E-state index in [0.717, 1.165) is 11.1 Å². The van der Waals surface area contributed by atoms with E-state index < -0.39 is 6.09 Å². The number of amides is 2.